The predicted molar refractivity (Wildman–Crippen MR) is 294 cm³/mol. The maximum atomic E-state index is 3.56. The van der Waals surface area contributed by atoms with Crippen LogP contribution in [0.3, 0.4) is 0 Å². The Morgan fingerprint density at radius 1 is 0.450 bits per heavy atom. The second kappa shape index (κ2) is 37.5. The highest BCUT2D eigenvalue weighted by molar-refractivity contribution is 9.11. The van der Waals surface area contributed by atoms with Gasteiger partial charge in [0, 0.05) is 25.3 Å². The molecule has 0 saturated heterocycles. The second-order valence-electron chi connectivity index (χ2n) is 13.5. The molecule has 0 spiro atoms. The molecule has 60 heavy (non-hydrogen) atoms. The number of hydrogen-bond acceptors (Lipinski definition) is 4. The van der Waals surface area contributed by atoms with Crippen LogP contribution in [0.1, 0.15) is 97.4 Å². The van der Waals surface area contributed by atoms with E-state index in [9.17, 15) is 0 Å². The number of halogens is 2. The molecule has 0 atom stereocenters. The lowest BCUT2D eigenvalue weighted by Crippen LogP contribution is -1.84. The summed E-state index contributed by atoms with van der Waals surface area (Å²) in [5, 5.41) is 2.67. The number of thioether (sulfide) groups is 4. The third-order valence-corrected chi connectivity index (χ3v) is 14.4. The van der Waals surface area contributed by atoms with Gasteiger partial charge in [-0.25, -0.2) is 0 Å². The van der Waals surface area contributed by atoms with Crippen molar-refractivity contribution in [3.63, 3.8) is 0 Å². The summed E-state index contributed by atoms with van der Waals surface area (Å²) < 4.78 is 2.33. The molecular weight excluding hydrogens is 937 g/mol. The summed E-state index contributed by atoms with van der Waals surface area (Å²) in [6, 6.07) is 49.3. The first-order valence-corrected chi connectivity index (χ1v) is 26.7. The Morgan fingerprint density at radius 2 is 0.917 bits per heavy atom. The third kappa shape index (κ3) is 25.8. The van der Waals surface area contributed by atoms with Gasteiger partial charge in [-0.05, 0) is 137 Å². The van der Waals surface area contributed by atoms with Crippen molar-refractivity contribution >= 4 is 89.7 Å². The molecule has 0 N–H and O–H groups in total. The highest BCUT2D eigenvalue weighted by Crippen LogP contribution is 2.26. The normalized spacial score (nSPS) is 9.82. The lowest BCUT2D eigenvalue weighted by atomic mass is 10.0. The molecule has 0 heterocycles. The molecule has 0 fully saturated rings. The van der Waals surface area contributed by atoms with E-state index in [1.807, 2.05) is 47.0 Å². The first-order valence-electron chi connectivity index (χ1n) is 20.7. The maximum absolute atomic E-state index is 3.56. The van der Waals surface area contributed by atoms with Gasteiger partial charge in [-0.2, -0.15) is 35.3 Å². The van der Waals surface area contributed by atoms with Gasteiger partial charge >= 0.3 is 0 Å². The number of hydrogen-bond donors (Lipinski definition) is 0. The average molecular weight is 1010 g/mol. The number of benzene rings is 6. The Kier molecular flexibility index (Phi) is 36.2. The molecule has 6 aromatic carbocycles. The summed E-state index contributed by atoms with van der Waals surface area (Å²) in [5.74, 6) is 8.57. The Balaban J connectivity index is 0.000000738. The summed E-state index contributed by atoms with van der Waals surface area (Å²) in [6.45, 7) is 15.4. The molecule has 6 heteroatoms. The number of fused-ring (bicyclic) bond motifs is 1. The summed E-state index contributed by atoms with van der Waals surface area (Å²) in [4.78, 5) is 1.36. The van der Waals surface area contributed by atoms with Crippen LogP contribution in [0.5, 0.6) is 0 Å². The van der Waals surface area contributed by atoms with E-state index in [-0.39, 0.29) is 14.9 Å². The van der Waals surface area contributed by atoms with Gasteiger partial charge in [0.25, 0.3) is 0 Å². The molecule has 0 bridgehead atoms. The van der Waals surface area contributed by atoms with Crippen LogP contribution in [-0.4, -0.2) is 28.8 Å². The van der Waals surface area contributed by atoms with Gasteiger partial charge in [0.15, 0.2) is 0 Å². The monoisotopic (exact) mass is 1010 g/mol. The van der Waals surface area contributed by atoms with Crippen molar-refractivity contribution < 1.29 is 0 Å². The van der Waals surface area contributed by atoms with Gasteiger partial charge in [-0.3, -0.25) is 0 Å². The Morgan fingerprint density at radius 3 is 1.40 bits per heavy atom. The van der Waals surface area contributed by atoms with Crippen molar-refractivity contribution in [3.8, 4) is 11.1 Å². The van der Waals surface area contributed by atoms with E-state index in [4.69, 9.17) is 0 Å². The zero-order chi connectivity index (χ0) is 42.2. The minimum absolute atomic E-state index is 0. The van der Waals surface area contributed by atoms with Gasteiger partial charge in [-0.15, -0.1) is 11.8 Å². The lowest BCUT2D eigenvalue weighted by molar-refractivity contribution is 1.10. The van der Waals surface area contributed by atoms with Crippen LogP contribution in [0, 0.1) is 13.8 Å². The molecule has 0 radical (unpaired) electrons. The molecule has 0 aliphatic heterocycles. The van der Waals surface area contributed by atoms with Crippen molar-refractivity contribution in [2.24, 2.45) is 0 Å². The van der Waals surface area contributed by atoms with Crippen molar-refractivity contribution in [3.05, 3.63) is 171 Å². The summed E-state index contributed by atoms with van der Waals surface area (Å²) in [5.41, 5.74) is 8.13. The fourth-order valence-corrected chi connectivity index (χ4v) is 9.71. The predicted octanol–water partition coefficient (Wildman–Crippen LogP) is 19.9. The smallest absolute Gasteiger partial charge is 0.0226 e. The lowest BCUT2D eigenvalue weighted by Gasteiger charge is -2.03. The van der Waals surface area contributed by atoms with Crippen LogP contribution in [0.2, 0.25) is 0 Å². The van der Waals surface area contributed by atoms with E-state index < -0.39 is 0 Å². The van der Waals surface area contributed by atoms with Crippen LogP contribution >= 0.6 is 78.9 Å². The summed E-state index contributed by atoms with van der Waals surface area (Å²) >= 11 is 14.9. The minimum Gasteiger partial charge on any atom is -0.162 e. The largest absolute Gasteiger partial charge is 0.162 e. The van der Waals surface area contributed by atoms with Gasteiger partial charge in [0.05, 0.1) is 0 Å². The van der Waals surface area contributed by atoms with E-state index in [0.29, 0.717) is 0 Å². The van der Waals surface area contributed by atoms with Crippen molar-refractivity contribution in [1.82, 2.24) is 0 Å². The minimum atomic E-state index is 0. The third-order valence-electron chi connectivity index (χ3n) is 8.43. The quantitative estimate of drug-likeness (QED) is 0.0742. The second-order valence-corrected chi connectivity index (χ2v) is 20.1. The molecule has 0 aromatic heterocycles. The molecule has 6 aromatic rings. The van der Waals surface area contributed by atoms with E-state index in [2.05, 4.69) is 220 Å². The Hall–Kier alpha value is -2.06. The summed E-state index contributed by atoms with van der Waals surface area (Å²) in [6.07, 6.45) is 5.07. The molecular formula is C54H74Br2S4. The molecule has 328 valence electrons. The molecule has 0 nitrogen and oxygen atoms in total. The van der Waals surface area contributed by atoms with Crippen LogP contribution in [0.25, 0.3) is 21.9 Å². The van der Waals surface area contributed by atoms with E-state index in [1.54, 1.807) is 0 Å². The van der Waals surface area contributed by atoms with E-state index in [1.165, 1.54) is 108 Å². The maximum Gasteiger partial charge on any atom is 0.0226 e. The van der Waals surface area contributed by atoms with Gasteiger partial charge in [0.1, 0.15) is 0 Å². The fraction of sp³-hybridized carbons (Fsp3) is 0.370. The van der Waals surface area contributed by atoms with Gasteiger partial charge < -0.3 is 0 Å². The highest BCUT2D eigenvalue weighted by Gasteiger charge is 2.00. The highest BCUT2D eigenvalue weighted by atomic mass is 79.9. The van der Waals surface area contributed by atoms with E-state index in [0.717, 1.165) is 16.0 Å². The standard InChI is InChI=1S/C15H16S.C12H12.C10H12Br2S.C10H14S.C5H12S.2CH4/c1-2-12-16-15-10-8-14(9-11-15)13-6-4-3-5-7-13;1-9-7-11-5-3-4-6-12(11)8-10(9)2;1-2-5-13-7-8-3-4-9(11)6-10(8)12;1-2-8-11-9-10-6-4-3-5-7-10;1-3-5-6-4-2;;/h3-11H,2,12H2,1H3;3-8H,1-2H3;3-4,6H,2,5,7H2,1H3;3-7H,2,8-9H2,1H3;3-5H2,1-2H3;2*1H4. The first-order chi connectivity index (χ1) is 28.3. The fourth-order valence-electron chi connectivity index (χ4n) is 5.22. The molecule has 6 rings (SSSR count). The zero-order valence-electron chi connectivity index (χ0n) is 35.9. The molecule has 0 saturated carbocycles. The van der Waals surface area contributed by atoms with E-state index >= 15 is 0 Å². The summed E-state index contributed by atoms with van der Waals surface area (Å²) in [7, 11) is 0. The van der Waals surface area contributed by atoms with Crippen LogP contribution in [0.4, 0.5) is 0 Å². The van der Waals surface area contributed by atoms with Gasteiger partial charge in [-0.1, -0.05) is 197 Å². The Labute approximate surface area is 402 Å². The van der Waals surface area contributed by atoms with Crippen LogP contribution in [-0.2, 0) is 11.5 Å². The van der Waals surface area contributed by atoms with Crippen molar-refractivity contribution in [2.75, 3.05) is 28.8 Å². The van der Waals surface area contributed by atoms with Crippen molar-refractivity contribution in [2.45, 2.75) is 105 Å². The molecule has 0 amide bonds. The zero-order valence-corrected chi connectivity index (χ0v) is 42.4. The number of rotatable bonds is 15. The topological polar surface area (TPSA) is 0 Å². The Bertz CT molecular complexity index is 1850. The average Bonchev–Trinajstić information content (AvgIpc) is 3.25. The van der Waals surface area contributed by atoms with Gasteiger partial charge in [0.2, 0.25) is 0 Å². The van der Waals surface area contributed by atoms with Crippen LogP contribution in [0.15, 0.2) is 153 Å². The molecule has 0 aliphatic carbocycles. The first kappa shape index (κ1) is 57.9. The number of aryl methyl sites for hydroxylation is 2. The molecule has 0 unspecified atom stereocenters. The molecule has 0 aliphatic rings. The SMILES string of the molecule is C.C.CCCSCC.CCCSCc1ccc(Br)cc1Br.CCCSCc1ccccc1.CCCSc1ccc(-c2ccccc2)cc1.Cc1cc2ccccc2cc1C. The van der Waals surface area contributed by atoms with Crippen molar-refractivity contribution in [1.29, 1.82) is 0 Å². The van der Waals surface area contributed by atoms with Crippen LogP contribution < -0.4 is 0 Å².